The predicted octanol–water partition coefficient (Wildman–Crippen LogP) is 3.35. The van der Waals surface area contributed by atoms with Crippen molar-refractivity contribution in [2.24, 2.45) is 5.92 Å². The van der Waals surface area contributed by atoms with E-state index in [9.17, 15) is 9.59 Å². The summed E-state index contributed by atoms with van der Waals surface area (Å²) in [6.45, 7) is 6.17. The third-order valence-corrected chi connectivity index (χ3v) is 3.53. The van der Waals surface area contributed by atoms with E-state index in [1.165, 1.54) is 12.7 Å². The first kappa shape index (κ1) is 18.2. The molecule has 0 saturated heterocycles. The number of ether oxygens (including phenoxy) is 1. The Labute approximate surface area is 133 Å². The molecule has 122 valence electrons. The number of nitrogens with one attached hydrogen (secondary N) is 1. The van der Waals surface area contributed by atoms with Crippen LogP contribution in [-0.2, 0) is 16.0 Å². The summed E-state index contributed by atoms with van der Waals surface area (Å²) in [5, 5.41) is 2.76. The Morgan fingerprint density at radius 1 is 1.18 bits per heavy atom. The van der Waals surface area contributed by atoms with Crippen LogP contribution in [0.15, 0.2) is 24.3 Å². The summed E-state index contributed by atoms with van der Waals surface area (Å²) in [5.41, 5.74) is 1.79. The summed E-state index contributed by atoms with van der Waals surface area (Å²) in [4.78, 5) is 24.0. The first-order valence-electron chi connectivity index (χ1n) is 7.95. The molecule has 1 N–H and O–H groups in total. The van der Waals surface area contributed by atoms with Crippen molar-refractivity contribution in [1.29, 1.82) is 0 Å². The number of esters is 1. The molecular weight excluding hydrogens is 278 g/mol. The van der Waals surface area contributed by atoms with Gasteiger partial charge in [-0.05, 0) is 42.9 Å². The van der Waals surface area contributed by atoms with Gasteiger partial charge < -0.3 is 10.1 Å². The van der Waals surface area contributed by atoms with Gasteiger partial charge in [0.05, 0.1) is 7.11 Å². The molecule has 0 aromatic heterocycles. The normalized spacial score (nSPS) is 12.0. The Balaban J connectivity index is 2.70. The van der Waals surface area contributed by atoms with Gasteiger partial charge in [0.25, 0.3) is 5.91 Å². The van der Waals surface area contributed by atoms with E-state index in [4.69, 9.17) is 4.74 Å². The SMILES string of the molecule is CCCCc1ccc(C(=O)N[C@H](CC(C)C)C(=O)OC)cc1. The lowest BCUT2D eigenvalue weighted by Crippen LogP contribution is -2.42. The first-order valence-corrected chi connectivity index (χ1v) is 7.95. The molecule has 0 aliphatic heterocycles. The number of aryl methyl sites for hydroxylation is 1. The fraction of sp³-hybridized carbons (Fsp3) is 0.556. The minimum atomic E-state index is -0.600. The van der Waals surface area contributed by atoms with Crippen LogP contribution in [0.5, 0.6) is 0 Å². The van der Waals surface area contributed by atoms with Gasteiger partial charge in [0.2, 0.25) is 0 Å². The molecule has 0 saturated carbocycles. The van der Waals surface area contributed by atoms with E-state index in [2.05, 4.69) is 12.2 Å². The molecule has 0 heterocycles. The maximum Gasteiger partial charge on any atom is 0.328 e. The minimum absolute atomic E-state index is 0.238. The van der Waals surface area contributed by atoms with Crippen molar-refractivity contribution in [3.63, 3.8) is 0 Å². The molecule has 0 aliphatic rings. The average Bonchev–Trinajstić information content (AvgIpc) is 2.51. The fourth-order valence-electron chi connectivity index (χ4n) is 2.27. The lowest BCUT2D eigenvalue weighted by atomic mass is 10.0. The van der Waals surface area contributed by atoms with E-state index >= 15 is 0 Å². The molecule has 0 radical (unpaired) electrons. The van der Waals surface area contributed by atoms with Crippen LogP contribution in [0.3, 0.4) is 0 Å². The van der Waals surface area contributed by atoms with Gasteiger partial charge in [0.15, 0.2) is 0 Å². The third kappa shape index (κ3) is 5.88. The highest BCUT2D eigenvalue weighted by atomic mass is 16.5. The molecule has 22 heavy (non-hydrogen) atoms. The molecule has 0 spiro atoms. The van der Waals surface area contributed by atoms with Gasteiger partial charge in [-0.2, -0.15) is 0 Å². The molecule has 4 heteroatoms. The van der Waals surface area contributed by atoms with Crippen LogP contribution in [0, 0.1) is 5.92 Å². The van der Waals surface area contributed by atoms with E-state index in [-0.39, 0.29) is 5.91 Å². The summed E-state index contributed by atoms with van der Waals surface area (Å²) in [6, 6.07) is 6.96. The molecular formula is C18H27NO3. The Bertz CT molecular complexity index is 480. The van der Waals surface area contributed by atoms with E-state index < -0.39 is 12.0 Å². The third-order valence-electron chi connectivity index (χ3n) is 3.53. The van der Waals surface area contributed by atoms with Gasteiger partial charge in [-0.1, -0.05) is 39.3 Å². The van der Waals surface area contributed by atoms with Crippen molar-refractivity contribution in [2.45, 2.75) is 52.5 Å². The summed E-state index contributed by atoms with van der Waals surface area (Å²) >= 11 is 0. The van der Waals surface area contributed by atoms with Crippen LogP contribution in [0.2, 0.25) is 0 Å². The summed E-state index contributed by atoms with van der Waals surface area (Å²) in [7, 11) is 1.34. The molecule has 0 aliphatic carbocycles. The second-order valence-corrected chi connectivity index (χ2v) is 5.98. The zero-order chi connectivity index (χ0) is 16.5. The number of methoxy groups -OCH3 is 1. The zero-order valence-corrected chi connectivity index (χ0v) is 14.0. The van der Waals surface area contributed by atoms with Gasteiger partial charge in [-0.25, -0.2) is 4.79 Å². The monoisotopic (exact) mass is 305 g/mol. The van der Waals surface area contributed by atoms with Crippen molar-refractivity contribution < 1.29 is 14.3 Å². The summed E-state index contributed by atoms with van der Waals surface area (Å²) in [5.74, 6) is -0.347. The van der Waals surface area contributed by atoms with Crippen molar-refractivity contribution in [1.82, 2.24) is 5.32 Å². The number of hydrogen-bond donors (Lipinski definition) is 1. The Morgan fingerprint density at radius 3 is 2.32 bits per heavy atom. The Hall–Kier alpha value is -1.84. The summed E-state index contributed by atoms with van der Waals surface area (Å²) in [6.07, 6.45) is 3.88. The Kier molecular flexibility index (Phi) is 7.64. The number of carbonyl (C=O) groups excluding carboxylic acids is 2. The molecule has 0 bridgehead atoms. The van der Waals surface area contributed by atoms with Gasteiger partial charge in [-0.3, -0.25) is 4.79 Å². The molecule has 4 nitrogen and oxygen atoms in total. The van der Waals surface area contributed by atoms with Crippen LogP contribution >= 0.6 is 0 Å². The van der Waals surface area contributed by atoms with Crippen LogP contribution in [0.4, 0.5) is 0 Å². The van der Waals surface area contributed by atoms with Crippen molar-refractivity contribution in [3.05, 3.63) is 35.4 Å². The van der Waals surface area contributed by atoms with Crippen molar-refractivity contribution >= 4 is 11.9 Å². The number of benzene rings is 1. The van der Waals surface area contributed by atoms with E-state index in [0.29, 0.717) is 17.9 Å². The maximum atomic E-state index is 12.3. The molecule has 1 atom stereocenters. The van der Waals surface area contributed by atoms with Crippen molar-refractivity contribution in [3.8, 4) is 0 Å². The number of unbranched alkanes of at least 4 members (excludes halogenated alkanes) is 1. The quantitative estimate of drug-likeness (QED) is 0.749. The molecule has 1 rings (SSSR count). The smallest absolute Gasteiger partial charge is 0.328 e. The largest absolute Gasteiger partial charge is 0.467 e. The number of amides is 1. The highest BCUT2D eigenvalue weighted by molar-refractivity contribution is 5.96. The molecule has 0 fully saturated rings. The zero-order valence-electron chi connectivity index (χ0n) is 14.0. The van der Waals surface area contributed by atoms with Crippen LogP contribution in [0.25, 0.3) is 0 Å². The molecule has 1 amide bonds. The molecule has 0 unspecified atom stereocenters. The number of hydrogen-bond acceptors (Lipinski definition) is 3. The topological polar surface area (TPSA) is 55.4 Å². The van der Waals surface area contributed by atoms with Crippen LogP contribution in [-0.4, -0.2) is 25.0 Å². The summed E-state index contributed by atoms with van der Waals surface area (Å²) < 4.78 is 4.76. The number of carbonyl (C=O) groups is 2. The number of rotatable bonds is 8. The van der Waals surface area contributed by atoms with E-state index in [1.807, 2.05) is 38.1 Å². The van der Waals surface area contributed by atoms with Gasteiger partial charge >= 0.3 is 5.97 Å². The lowest BCUT2D eigenvalue weighted by Gasteiger charge is -2.18. The van der Waals surface area contributed by atoms with Crippen LogP contribution in [0.1, 0.15) is 56.0 Å². The predicted molar refractivity (Wildman–Crippen MR) is 87.8 cm³/mol. The van der Waals surface area contributed by atoms with Crippen LogP contribution < -0.4 is 5.32 Å². The van der Waals surface area contributed by atoms with E-state index in [0.717, 1.165) is 19.3 Å². The van der Waals surface area contributed by atoms with Gasteiger partial charge in [-0.15, -0.1) is 0 Å². The van der Waals surface area contributed by atoms with E-state index in [1.54, 1.807) is 0 Å². The fourth-order valence-corrected chi connectivity index (χ4v) is 2.27. The maximum absolute atomic E-state index is 12.3. The molecule has 1 aromatic rings. The van der Waals surface area contributed by atoms with Crippen molar-refractivity contribution in [2.75, 3.05) is 7.11 Å². The second-order valence-electron chi connectivity index (χ2n) is 5.98. The van der Waals surface area contributed by atoms with Gasteiger partial charge in [0.1, 0.15) is 6.04 Å². The second kappa shape index (κ2) is 9.23. The Morgan fingerprint density at radius 2 is 1.82 bits per heavy atom. The highest BCUT2D eigenvalue weighted by Crippen LogP contribution is 2.10. The standard InChI is InChI=1S/C18H27NO3/c1-5-6-7-14-8-10-15(11-9-14)17(20)19-16(12-13(2)3)18(21)22-4/h8-11,13,16H,5-7,12H2,1-4H3,(H,19,20)/t16-/m1/s1. The molecule has 1 aromatic carbocycles. The lowest BCUT2D eigenvalue weighted by molar-refractivity contribution is -0.143. The average molecular weight is 305 g/mol. The van der Waals surface area contributed by atoms with Gasteiger partial charge in [0, 0.05) is 5.56 Å². The minimum Gasteiger partial charge on any atom is -0.467 e. The highest BCUT2D eigenvalue weighted by Gasteiger charge is 2.23. The first-order chi connectivity index (χ1) is 10.5.